The third-order valence-corrected chi connectivity index (χ3v) is 11.1. The van der Waals surface area contributed by atoms with Crippen molar-refractivity contribution in [1.29, 1.82) is 0 Å². The molecule has 0 heterocycles. The molecule has 145 valence electrons. The van der Waals surface area contributed by atoms with Gasteiger partial charge in [0.15, 0.2) is 0 Å². The van der Waals surface area contributed by atoms with Gasteiger partial charge in [0.2, 0.25) is 0 Å². The summed E-state index contributed by atoms with van der Waals surface area (Å²) in [5.41, 5.74) is 1.61. The second-order valence-corrected chi connectivity index (χ2v) is 14.2. The van der Waals surface area contributed by atoms with E-state index in [1.807, 2.05) is 0 Å². The van der Waals surface area contributed by atoms with E-state index in [-0.39, 0.29) is 35.5 Å². The van der Waals surface area contributed by atoms with Crippen LogP contribution < -0.4 is 24.8 Å². The molecule has 2 aliphatic carbocycles. The molecule has 0 aromatic rings. The molecule has 2 aliphatic rings. The van der Waals surface area contributed by atoms with Crippen LogP contribution in [0.25, 0.3) is 0 Å². The number of unbranched alkanes of at least 4 members (excludes halogenated alkanes) is 1. The van der Waals surface area contributed by atoms with E-state index in [2.05, 4.69) is 91.6 Å². The summed E-state index contributed by atoms with van der Waals surface area (Å²) in [7, 11) is -1.85. The molecule has 0 aromatic heterocycles. The van der Waals surface area contributed by atoms with Crippen molar-refractivity contribution in [3.05, 3.63) is 45.0 Å². The summed E-state index contributed by atoms with van der Waals surface area (Å²) in [6, 6.07) is 0. The summed E-state index contributed by atoms with van der Waals surface area (Å²) >= 11 is 2.31. The number of hydrogen-bond acceptors (Lipinski definition) is 1. The average molecular weight is 448 g/mol. The molecule has 5 heteroatoms. The number of allylic oxidation sites excluding steroid dienone is 6. The number of hydrogen-bond donors (Lipinski definition) is 0. The van der Waals surface area contributed by atoms with E-state index in [1.54, 1.807) is 9.07 Å². The quantitative estimate of drug-likeness (QED) is 0.412. The number of rotatable bonds is 6. The van der Waals surface area contributed by atoms with Gasteiger partial charge in [-0.25, -0.2) is 0 Å². The minimum Gasteiger partial charge on any atom is -1.00 e. The Morgan fingerprint density at radius 2 is 1.85 bits per heavy atom. The molecule has 0 N–H and O–H groups in total. The van der Waals surface area contributed by atoms with Crippen LogP contribution in [-0.2, 0) is 25.2 Å². The molecule has 1 atom stereocenters. The molecule has 0 aromatic carbocycles. The minimum atomic E-state index is -1.85. The van der Waals surface area contributed by atoms with E-state index in [4.69, 9.17) is 4.74 Å². The van der Waals surface area contributed by atoms with Crippen LogP contribution in [0.2, 0.25) is 13.1 Å². The van der Waals surface area contributed by atoms with Gasteiger partial charge in [-0.3, -0.25) is 0 Å². The first-order chi connectivity index (χ1) is 11.2. The Hall–Kier alpha value is 0.431. The maximum Gasteiger partial charge on any atom is -1.00 e. The molecule has 0 fully saturated rings. The maximum atomic E-state index is 6.85. The van der Waals surface area contributed by atoms with Gasteiger partial charge in [-0.2, -0.15) is 0 Å². The molecule has 1 nitrogen and oxygen atoms in total. The summed E-state index contributed by atoms with van der Waals surface area (Å²) in [5.74, 6) is 0. The Labute approximate surface area is 186 Å². The van der Waals surface area contributed by atoms with Crippen molar-refractivity contribution in [2.45, 2.75) is 71.7 Å². The van der Waals surface area contributed by atoms with Gasteiger partial charge in [0, 0.05) is 0 Å². The fourth-order valence-electron chi connectivity index (χ4n) is 4.11. The zero-order valence-electron chi connectivity index (χ0n) is 17.1. The fourth-order valence-corrected chi connectivity index (χ4v) is 9.93. The predicted molar refractivity (Wildman–Crippen MR) is 103 cm³/mol. The molecule has 0 saturated heterocycles. The van der Waals surface area contributed by atoms with E-state index >= 15 is 0 Å². The first-order valence-corrected chi connectivity index (χ1v) is 13.1. The average Bonchev–Trinajstić information content (AvgIpc) is 2.93. The first-order valence-electron chi connectivity index (χ1n) is 9.30. The van der Waals surface area contributed by atoms with Crippen LogP contribution in [0.3, 0.4) is 0 Å². The summed E-state index contributed by atoms with van der Waals surface area (Å²) in [6.07, 6.45) is 16.1. The molecular formula is C21H33Cl2OSiTi. The molecule has 0 amide bonds. The molecule has 0 spiro atoms. The second-order valence-electron chi connectivity index (χ2n) is 8.62. The molecule has 2 rings (SSSR count). The maximum absolute atomic E-state index is 6.85. The van der Waals surface area contributed by atoms with E-state index < -0.39 is 8.07 Å². The van der Waals surface area contributed by atoms with Gasteiger partial charge in [0.1, 0.15) is 0 Å². The molecule has 0 radical (unpaired) electrons. The summed E-state index contributed by atoms with van der Waals surface area (Å²) in [5, 5.41) is 1.48. The van der Waals surface area contributed by atoms with Gasteiger partial charge < -0.3 is 24.8 Å². The second kappa shape index (κ2) is 10.3. The van der Waals surface area contributed by atoms with Crippen LogP contribution in [0.5, 0.6) is 0 Å². The van der Waals surface area contributed by atoms with Crippen molar-refractivity contribution < 1.29 is 50.0 Å². The third-order valence-electron chi connectivity index (χ3n) is 5.51. The van der Waals surface area contributed by atoms with Gasteiger partial charge in [0.25, 0.3) is 0 Å². The van der Waals surface area contributed by atoms with Crippen LogP contribution in [0.4, 0.5) is 0 Å². The molecule has 0 saturated carbocycles. The van der Waals surface area contributed by atoms with Crippen LogP contribution >= 0.6 is 0 Å². The van der Waals surface area contributed by atoms with Crippen molar-refractivity contribution in [2.75, 3.05) is 6.61 Å². The van der Waals surface area contributed by atoms with Gasteiger partial charge in [-0.15, -0.1) is 0 Å². The van der Waals surface area contributed by atoms with Crippen molar-refractivity contribution in [3.8, 4) is 0 Å². The standard InChI is InChI=1S/C21H33OSi.2ClH.Ti/c1-7-8-17-22-21(23(5,6)18-13-9-10-14-18)16-12-11-15-19(21)20(2,3)4;;;/h9,11-13,15H,7-8,10,16-17H2,1-6H3;2*1H;/q;;;+2/p-2. The predicted octanol–water partition coefficient (Wildman–Crippen LogP) is 0.0299. The van der Waals surface area contributed by atoms with Gasteiger partial charge in [-0.05, 0) is 0 Å². The monoisotopic (exact) mass is 447 g/mol. The normalized spacial score (nSPS) is 22.8. The summed E-state index contributed by atoms with van der Waals surface area (Å²) in [4.78, 5) is 0. The summed E-state index contributed by atoms with van der Waals surface area (Å²) in [6.45, 7) is 15.2. The Kier molecular flexibility index (Phi) is 10.4. The van der Waals surface area contributed by atoms with E-state index in [0.717, 1.165) is 25.9 Å². The molecule has 0 bridgehead atoms. The third kappa shape index (κ3) is 5.07. The van der Waals surface area contributed by atoms with Crippen LogP contribution in [-0.4, -0.2) is 19.9 Å². The Bertz CT molecular complexity index is 600. The minimum absolute atomic E-state index is 0. The molecule has 0 aliphatic heterocycles. The van der Waals surface area contributed by atoms with Gasteiger partial charge >= 0.3 is 162 Å². The Morgan fingerprint density at radius 1 is 1.19 bits per heavy atom. The van der Waals surface area contributed by atoms with E-state index in [9.17, 15) is 0 Å². The largest absolute Gasteiger partial charge is 1.00 e. The van der Waals surface area contributed by atoms with Gasteiger partial charge in [-0.1, -0.05) is 0 Å². The van der Waals surface area contributed by atoms with Crippen molar-refractivity contribution in [3.63, 3.8) is 0 Å². The van der Waals surface area contributed by atoms with Crippen LogP contribution in [0, 0.1) is 5.41 Å². The van der Waals surface area contributed by atoms with Gasteiger partial charge in [0.05, 0.1) is 0 Å². The topological polar surface area (TPSA) is 9.23 Å². The Morgan fingerprint density at radius 3 is 2.35 bits per heavy atom. The fraction of sp³-hybridized carbons (Fsp3) is 0.619. The van der Waals surface area contributed by atoms with Crippen molar-refractivity contribution in [1.82, 2.24) is 0 Å². The van der Waals surface area contributed by atoms with Crippen molar-refractivity contribution in [2.24, 2.45) is 5.41 Å². The number of halogens is 2. The first kappa shape index (κ1) is 26.4. The zero-order valence-corrected chi connectivity index (χ0v) is 21.2. The summed E-state index contributed by atoms with van der Waals surface area (Å²) < 4.78 is 8.40. The zero-order chi connectivity index (χ0) is 18.0. The van der Waals surface area contributed by atoms with E-state index in [0.29, 0.717) is 0 Å². The van der Waals surface area contributed by atoms with Crippen molar-refractivity contribution >= 4 is 8.07 Å². The SMILES string of the molecule is CCCCOC1([Si](C)(C)C2=[C]([Ti+2])CC=C2)CC=CC=C1C(C)(C)C.[Cl-].[Cl-]. The van der Waals surface area contributed by atoms with Crippen LogP contribution in [0.1, 0.15) is 53.4 Å². The van der Waals surface area contributed by atoms with Crippen LogP contribution in [0.15, 0.2) is 45.0 Å². The molecular weight excluding hydrogens is 415 g/mol. The smallest absolute Gasteiger partial charge is 1.00 e. The Balaban J connectivity index is 0.00000312. The molecule has 26 heavy (non-hydrogen) atoms. The number of ether oxygens (including phenoxy) is 1. The molecule has 1 unspecified atom stereocenters. The van der Waals surface area contributed by atoms with E-state index in [1.165, 1.54) is 12.0 Å².